The first-order valence-electron chi connectivity index (χ1n) is 11.1. The summed E-state index contributed by atoms with van der Waals surface area (Å²) in [5.74, 6) is 2.30. The first-order valence-corrected chi connectivity index (χ1v) is 12.6. The molecule has 5 aromatic rings. The Morgan fingerprint density at radius 2 is 1.56 bits per heavy atom. The minimum absolute atomic E-state index is 0.194. The van der Waals surface area contributed by atoms with Crippen LogP contribution in [0, 0.1) is 6.92 Å². The molecule has 1 aromatic heterocycles. The number of nitrogens with zero attached hydrogens (tertiary/aromatic N) is 2. The maximum atomic E-state index is 12.8. The first-order chi connectivity index (χ1) is 17.4. The van der Waals surface area contributed by atoms with Crippen molar-refractivity contribution in [2.45, 2.75) is 11.8 Å². The van der Waals surface area contributed by atoms with E-state index in [4.69, 9.17) is 10.5 Å². The quantitative estimate of drug-likeness (QED) is 0.251. The monoisotopic (exact) mass is 497 g/mol. The lowest BCUT2D eigenvalue weighted by atomic mass is 10.2. The number of aryl methyl sites for hydroxylation is 1. The Balaban J connectivity index is 1.35. The molecule has 0 atom stereocenters. The van der Waals surface area contributed by atoms with Crippen LogP contribution in [0.25, 0.3) is 22.8 Å². The summed E-state index contributed by atoms with van der Waals surface area (Å²) in [6.07, 6.45) is 0. The third-order valence-electron chi connectivity index (χ3n) is 5.41. The topological polar surface area (TPSA) is 123 Å². The summed E-state index contributed by atoms with van der Waals surface area (Å²) < 4.78 is 34.1. The Kier molecular flexibility index (Phi) is 6.14. The van der Waals surface area contributed by atoms with E-state index < -0.39 is 10.0 Å². The number of sulfonamides is 1. The summed E-state index contributed by atoms with van der Waals surface area (Å²) in [4.78, 5) is 4.79. The van der Waals surface area contributed by atoms with Crippen molar-refractivity contribution < 1.29 is 13.2 Å². The van der Waals surface area contributed by atoms with E-state index in [2.05, 4.69) is 19.9 Å². The molecule has 0 aliphatic rings. The lowest BCUT2D eigenvalue weighted by molar-refractivity contribution is 0.483. The lowest BCUT2D eigenvalue weighted by Crippen LogP contribution is -2.12. The summed E-state index contributed by atoms with van der Waals surface area (Å²) in [7, 11) is -3.72. The van der Waals surface area contributed by atoms with Crippen molar-refractivity contribution in [1.82, 2.24) is 15.2 Å². The highest BCUT2D eigenvalue weighted by Gasteiger charge is 2.15. The number of H-pyrrole nitrogens is 1. The fourth-order valence-corrected chi connectivity index (χ4v) is 4.60. The van der Waals surface area contributed by atoms with Gasteiger partial charge in [0.2, 0.25) is 0 Å². The lowest BCUT2D eigenvalue weighted by Gasteiger charge is -2.09. The minimum Gasteiger partial charge on any atom is -0.457 e. The molecule has 1 heterocycles. The fraction of sp³-hybridized carbons (Fsp3) is 0.0370. The number of ether oxygens (including phenoxy) is 1. The number of aromatic amines is 1. The van der Waals surface area contributed by atoms with Gasteiger partial charge in [-0.05, 0) is 67.6 Å². The average Bonchev–Trinajstić information content (AvgIpc) is 3.37. The van der Waals surface area contributed by atoms with Gasteiger partial charge in [-0.1, -0.05) is 42.0 Å². The summed E-state index contributed by atoms with van der Waals surface area (Å²) >= 11 is 0. The van der Waals surface area contributed by atoms with E-state index in [9.17, 15) is 8.42 Å². The third kappa shape index (κ3) is 5.21. The number of nitrogens with one attached hydrogen (secondary N) is 2. The van der Waals surface area contributed by atoms with Gasteiger partial charge in [-0.25, -0.2) is 13.4 Å². The van der Waals surface area contributed by atoms with Gasteiger partial charge in [0.15, 0.2) is 11.6 Å². The molecule has 4 aromatic carbocycles. The minimum atomic E-state index is -3.72. The normalized spacial score (nSPS) is 11.2. The van der Waals surface area contributed by atoms with Crippen LogP contribution in [0.4, 0.5) is 11.4 Å². The van der Waals surface area contributed by atoms with E-state index in [1.807, 2.05) is 37.3 Å². The smallest absolute Gasteiger partial charge is 0.261 e. The van der Waals surface area contributed by atoms with Crippen LogP contribution in [0.5, 0.6) is 11.5 Å². The second-order valence-corrected chi connectivity index (χ2v) is 9.89. The van der Waals surface area contributed by atoms with Crippen molar-refractivity contribution in [3.05, 3.63) is 103 Å². The van der Waals surface area contributed by atoms with E-state index in [0.29, 0.717) is 40.1 Å². The van der Waals surface area contributed by atoms with Crippen LogP contribution < -0.4 is 15.2 Å². The van der Waals surface area contributed by atoms with Gasteiger partial charge in [-0.15, -0.1) is 0 Å². The Labute approximate surface area is 208 Å². The zero-order valence-electron chi connectivity index (χ0n) is 19.3. The number of nitrogen functional groups attached to an aromatic ring is 1. The van der Waals surface area contributed by atoms with E-state index >= 15 is 0 Å². The standard InChI is InChI=1S/C27H23N5O3S/c1-18-8-14-25(15-9-18)36(33,34)32-22-6-2-4-19(16-22)26-29-27(31-30-26)20-5-3-7-24(17-20)35-23-12-10-21(28)11-13-23/h2-17,32H,28H2,1H3,(H,29,30,31). The second kappa shape index (κ2) is 9.55. The van der Waals surface area contributed by atoms with Gasteiger partial charge in [-0.2, -0.15) is 5.10 Å². The van der Waals surface area contributed by atoms with Gasteiger partial charge < -0.3 is 10.5 Å². The van der Waals surface area contributed by atoms with Gasteiger partial charge in [0.25, 0.3) is 10.0 Å². The van der Waals surface area contributed by atoms with E-state index in [-0.39, 0.29) is 4.90 Å². The number of benzene rings is 4. The highest BCUT2D eigenvalue weighted by molar-refractivity contribution is 7.92. The van der Waals surface area contributed by atoms with Crippen LogP contribution >= 0.6 is 0 Å². The highest BCUT2D eigenvalue weighted by Crippen LogP contribution is 2.28. The summed E-state index contributed by atoms with van der Waals surface area (Å²) in [5.41, 5.74) is 9.25. The van der Waals surface area contributed by atoms with Crippen LogP contribution in [0.3, 0.4) is 0 Å². The predicted molar refractivity (Wildman–Crippen MR) is 140 cm³/mol. The average molecular weight is 498 g/mol. The second-order valence-electron chi connectivity index (χ2n) is 8.21. The maximum absolute atomic E-state index is 12.8. The van der Waals surface area contributed by atoms with Gasteiger partial charge in [0.1, 0.15) is 11.5 Å². The molecule has 0 radical (unpaired) electrons. The zero-order chi connectivity index (χ0) is 25.1. The molecule has 0 aliphatic carbocycles. The SMILES string of the molecule is Cc1ccc(S(=O)(=O)Nc2cccc(-c3n[nH]c(-c4cccc(Oc5ccc(N)cc5)c4)n3)c2)cc1. The Morgan fingerprint density at radius 1 is 0.833 bits per heavy atom. The van der Waals surface area contributed by atoms with E-state index in [1.54, 1.807) is 66.7 Å². The van der Waals surface area contributed by atoms with Crippen LogP contribution in [-0.4, -0.2) is 23.6 Å². The maximum Gasteiger partial charge on any atom is 0.261 e. The molecular weight excluding hydrogens is 474 g/mol. The zero-order valence-corrected chi connectivity index (χ0v) is 20.2. The van der Waals surface area contributed by atoms with Crippen molar-refractivity contribution in [2.75, 3.05) is 10.5 Å². The number of hydrogen-bond acceptors (Lipinski definition) is 6. The molecular formula is C27H23N5O3S. The van der Waals surface area contributed by atoms with Crippen molar-refractivity contribution in [2.24, 2.45) is 0 Å². The molecule has 5 rings (SSSR count). The van der Waals surface area contributed by atoms with Crippen LogP contribution in [-0.2, 0) is 10.0 Å². The molecule has 0 spiro atoms. The van der Waals surface area contributed by atoms with E-state index in [0.717, 1.165) is 11.1 Å². The van der Waals surface area contributed by atoms with Crippen LogP contribution in [0.15, 0.2) is 102 Å². The predicted octanol–water partition coefficient (Wildman–Crippen LogP) is 5.62. The molecule has 36 heavy (non-hydrogen) atoms. The van der Waals surface area contributed by atoms with Crippen LogP contribution in [0.2, 0.25) is 0 Å². The molecule has 0 bridgehead atoms. The molecule has 0 unspecified atom stereocenters. The molecule has 0 aliphatic heterocycles. The van der Waals surface area contributed by atoms with Gasteiger partial charge in [0.05, 0.1) is 4.90 Å². The molecule has 180 valence electrons. The summed E-state index contributed by atoms with van der Waals surface area (Å²) in [5, 5.41) is 7.27. The molecule has 0 saturated carbocycles. The molecule has 0 saturated heterocycles. The van der Waals surface area contributed by atoms with Crippen LogP contribution in [0.1, 0.15) is 5.56 Å². The Bertz CT molecular complexity index is 1610. The summed E-state index contributed by atoms with van der Waals surface area (Å²) in [6.45, 7) is 1.90. The van der Waals surface area contributed by atoms with Crippen molar-refractivity contribution in [3.8, 4) is 34.3 Å². The molecule has 0 amide bonds. The largest absolute Gasteiger partial charge is 0.457 e. The van der Waals surface area contributed by atoms with Crippen molar-refractivity contribution in [3.63, 3.8) is 0 Å². The number of hydrogen-bond donors (Lipinski definition) is 3. The number of anilines is 2. The molecule has 9 heteroatoms. The van der Waals surface area contributed by atoms with Gasteiger partial charge in [0, 0.05) is 22.5 Å². The van der Waals surface area contributed by atoms with Crippen molar-refractivity contribution >= 4 is 21.4 Å². The summed E-state index contributed by atoms with van der Waals surface area (Å²) in [6, 6.07) is 28.2. The number of rotatable bonds is 7. The molecule has 4 N–H and O–H groups in total. The number of aromatic nitrogens is 3. The first kappa shape index (κ1) is 23.1. The fourth-order valence-electron chi connectivity index (χ4n) is 3.55. The Hall–Kier alpha value is -4.63. The van der Waals surface area contributed by atoms with Crippen molar-refractivity contribution in [1.29, 1.82) is 0 Å². The van der Waals surface area contributed by atoms with Gasteiger partial charge >= 0.3 is 0 Å². The van der Waals surface area contributed by atoms with Gasteiger partial charge in [-0.3, -0.25) is 9.82 Å². The Morgan fingerprint density at radius 3 is 2.33 bits per heavy atom. The molecule has 0 fully saturated rings. The van der Waals surface area contributed by atoms with E-state index in [1.165, 1.54) is 0 Å². The number of nitrogens with two attached hydrogens (primary N) is 1. The third-order valence-corrected chi connectivity index (χ3v) is 6.81. The highest BCUT2D eigenvalue weighted by atomic mass is 32.2. The molecule has 8 nitrogen and oxygen atoms in total.